The molecule has 1 aromatic heterocycles. The Labute approximate surface area is 135 Å². The summed E-state index contributed by atoms with van der Waals surface area (Å²) >= 11 is 0. The van der Waals surface area contributed by atoms with Gasteiger partial charge in [0.1, 0.15) is 0 Å². The van der Waals surface area contributed by atoms with Crippen LogP contribution in [0.1, 0.15) is 36.2 Å². The van der Waals surface area contributed by atoms with Crippen molar-refractivity contribution in [2.75, 3.05) is 20.6 Å². The first-order valence-corrected chi connectivity index (χ1v) is 8.28. The Bertz CT molecular complexity index is 638. The Morgan fingerprint density at radius 2 is 1.82 bits per heavy atom. The Morgan fingerprint density at radius 3 is 2.41 bits per heavy atom. The van der Waals surface area contributed by atoms with Crippen molar-refractivity contribution < 1.29 is 0 Å². The fourth-order valence-electron chi connectivity index (χ4n) is 2.96. The molecule has 0 saturated heterocycles. The summed E-state index contributed by atoms with van der Waals surface area (Å²) in [6.07, 6.45) is 2.19. The van der Waals surface area contributed by atoms with Crippen molar-refractivity contribution >= 4 is 0 Å². The molecule has 0 unspecified atom stereocenters. The van der Waals surface area contributed by atoms with Gasteiger partial charge in [0.05, 0.1) is 11.4 Å². The van der Waals surface area contributed by atoms with Crippen LogP contribution in [0.3, 0.4) is 0 Å². The predicted octanol–water partition coefficient (Wildman–Crippen LogP) is 3.85. The van der Waals surface area contributed by atoms with Gasteiger partial charge in [-0.1, -0.05) is 19.1 Å². The van der Waals surface area contributed by atoms with Gasteiger partial charge in [0.15, 0.2) is 0 Å². The normalized spacial score (nSPS) is 11.4. The molecule has 0 spiro atoms. The van der Waals surface area contributed by atoms with Gasteiger partial charge in [0.2, 0.25) is 0 Å². The van der Waals surface area contributed by atoms with E-state index in [9.17, 15) is 0 Å². The zero-order valence-corrected chi connectivity index (χ0v) is 14.9. The summed E-state index contributed by atoms with van der Waals surface area (Å²) in [6.45, 7) is 10.7. The summed E-state index contributed by atoms with van der Waals surface area (Å²) < 4.78 is 2.13. The number of aryl methyl sites for hydroxylation is 3. The average molecular weight is 299 g/mol. The van der Waals surface area contributed by atoms with E-state index in [2.05, 4.69) is 74.7 Å². The molecule has 1 heterocycles. The van der Waals surface area contributed by atoms with Crippen LogP contribution < -0.4 is 0 Å². The monoisotopic (exact) mass is 299 g/mol. The highest BCUT2D eigenvalue weighted by Gasteiger charge is 2.14. The second-order valence-electron chi connectivity index (χ2n) is 6.27. The van der Waals surface area contributed by atoms with Crippen LogP contribution in [-0.4, -0.2) is 35.3 Å². The summed E-state index contributed by atoms with van der Waals surface area (Å²) in [4.78, 5) is 2.25. The van der Waals surface area contributed by atoms with E-state index >= 15 is 0 Å². The molecule has 0 saturated carbocycles. The zero-order valence-electron chi connectivity index (χ0n) is 14.9. The van der Waals surface area contributed by atoms with Gasteiger partial charge in [-0.25, -0.2) is 0 Å². The Morgan fingerprint density at radius 1 is 1.09 bits per heavy atom. The molecule has 22 heavy (non-hydrogen) atoms. The van der Waals surface area contributed by atoms with Gasteiger partial charge < -0.3 is 4.90 Å². The topological polar surface area (TPSA) is 21.1 Å². The van der Waals surface area contributed by atoms with E-state index in [0.29, 0.717) is 0 Å². The second kappa shape index (κ2) is 7.10. The van der Waals surface area contributed by atoms with Crippen molar-refractivity contribution in [2.24, 2.45) is 0 Å². The van der Waals surface area contributed by atoms with E-state index in [4.69, 9.17) is 0 Å². The Hall–Kier alpha value is -1.61. The lowest BCUT2D eigenvalue weighted by atomic mass is 9.96. The molecular weight excluding hydrogens is 270 g/mol. The van der Waals surface area contributed by atoms with Crippen LogP contribution in [0.2, 0.25) is 0 Å². The Balaban J connectivity index is 2.46. The van der Waals surface area contributed by atoms with Crippen LogP contribution in [0.25, 0.3) is 11.3 Å². The summed E-state index contributed by atoms with van der Waals surface area (Å²) in [5.74, 6) is 0. The molecule has 0 bridgehead atoms. The first-order chi connectivity index (χ1) is 10.5. The van der Waals surface area contributed by atoms with Crippen LogP contribution in [0, 0.1) is 13.8 Å². The van der Waals surface area contributed by atoms with Crippen molar-refractivity contribution in [3.05, 3.63) is 40.6 Å². The standard InChI is InChI=1S/C19H29N3/c1-7-16-9-10-18(13-17(16)11-12-21(5)6)19-14(3)15(4)20-22(19)8-2/h9-10,13H,7-8,11-12H2,1-6H3. The van der Waals surface area contributed by atoms with Crippen LogP contribution in [0.4, 0.5) is 0 Å². The average Bonchev–Trinajstić information content (AvgIpc) is 2.79. The summed E-state index contributed by atoms with van der Waals surface area (Å²) in [5, 5.41) is 4.66. The molecule has 3 nitrogen and oxygen atoms in total. The van der Waals surface area contributed by atoms with E-state index in [1.807, 2.05) is 0 Å². The number of rotatable bonds is 6. The lowest BCUT2D eigenvalue weighted by molar-refractivity contribution is 0.413. The highest BCUT2D eigenvalue weighted by molar-refractivity contribution is 5.66. The summed E-state index contributed by atoms with van der Waals surface area (Å²) in [6, 6.07) is 6.92. The van der Waals surface area contributed by atoms with Crippen molar-refractivity contribution in [2.45, 2.75) is 47.1 Å². The number of hydrogen-bond donors (Lipinski definition) is 0. The molecule has 0 fully saturated rings. The fraction of sp³-hybridized carbons (Fsp3) is 0.526. The molecule has 3 heteroatoms. The lowest BCUT2D eigenvalue weighted by Crippen LogP contribution is -2.15. The van der Waals surface area contributed by atoms with Gasteiger partial charge in [-0.15, -0.1) is 0 Å². The van der Waals surface area contributed by atoms with Gasteiger partial charge in [0.25, 0.3) is 0 Å². The maximum Gasteiger partial charge on any atom is 0.0714 e. The van der Waals surface area contributed by atoms with E-state index in [0.717, 1.165) is 31.6 Å². The molecule has 0 N–H and O–H groups in total. The molecule has 2 rings (SSSR count). The third-order valence-electron chi connectivity index (χ3n) is 4.42. The molecular formula is C19H29N3. The van der Waals surface area contributed by atoms with Gasteiger partial charge in [-0.3, -0.25) is 4.68 Å². The molecule has 120 valence electrons. The largest absolute Gasteiger partial charge is 0.309 e. The van der Waals surface area contributed by atoms with Gasteiger partial charge >= 0.3 is 0 Å². The van der Waals surface area contributed by atoms with Crippen molar-refractivity contribution in [3.8, 4) is 11.3 Å². The van der Waals surface area contributed by atoms with Crippen molar-refractivity contribution in [1.29, 1.82) is 0 Å². The fourth-order valence-corrected chi connectivity index (χ4v) is 2.96. The van der Waals surface area contributed by atoms with E-state index in [1.165, 1.54) is 27.9 Å². The molecule has 0 aliphatic heterocycles. The van der Waals surface area contributed by atoms with E-state index < -0.39 is 0 Å². The van der Waals surface area contributed by atoms with Crippen LogP contribution in [-0.2, 0) is 19.4 Å². The third-order valence-corrected chi connectivity index (χ3v) is 4.42. The molecule has 0 aliphatic carbocycles. The zero-order chi connectivity index (χ0) is 16.3. The van der Waals surface area contributed by atoms with Crippen LogP contribution in [0.5, 0.6) is 0 Å². The van der Waals surface area contributed by atoms with Crippen LogP contribution >= 0.6 is 0 Å². The number of likely N-dealkylation sites (N-methyl/N-ethyl adjacent to an activating group) is 1. The molecule has 0 radical (unpaired) electrons. The minimum atomic E-state index is 0.909. The molecule has 1 aromatic carbocycles. The molecule has 2 aromatic rings. The third kappa shape index (κ3) is 3.41. The van der Waals surface area contributed by atoms with Gasteiger partial charge in [-0.2, -0.15) is 5.10 Å². The highest BCUT2D eigenvalue weighted by atomic mass is 15.3. The highest BCUT2D eigenvalue weighted by Crippen LogP contribution is 2.28. The summed E-state index contributed by atoms with van der Waals surface area (Å²) in [5.41, 5.74) is 7.92. The maximum absolute atomic E-state index is 4.66. The molecule has 0 atom stereocenters. The van der Waals surface area contributed by atoms with Gasteiger partial charge in [0, 0.05) is 18.7 Å². The van der Waals surface area contributed by atoms with Crippen LogP contribution in [0.15, 0.2) is 18.2 Å². The minimum Gasteiger partial charge on any atom is -0.309 e. The van der Waals surface area contributed by atoms with E-state index in [-0.39, 0.29) is 0 Å². The lowest BCUT2D eigenvalue weighted by Gasteiger charge is -2.15. The maximum atomic E-state index is 4.66. The number of hydrogen-bond acceptors (Lipinski definition) is 2. The quantitative estimate of drug-likeness (QED) is 0.808. The molecule has 0 amide bonds. The first-order valence-electron chi connectivity index (χ1n) is 8.28. The first kappa shape index (κ1) is 16.8. The van der Waals surface area contributed by atoms with E-state index in [1.54, 1.807) is 0 Å². The predicted molar refractivity (Wildman–Crippen MR) is 94.4 cm³/mol. The smallest absolute Gasteiger partial charge is 0.0714 e. The SMILES string of the molecule is CCc1ccc(-c2c(C)c(C)nn2CC)cc1CCN(C)C. The number of benzene rings is 1. The molecule has 0 aliphatic rings. The van der Waals surface area contributed by atoms with Crippen molar-refractivity contribution in [3.63, 3.8) is 0 Å². The Kier molecular flexibility index (Phi) is 5.41. The number of nitrogens with zero attached hydrogens (tertiary/aromatic N) is 3. The van der Waals surface area contributed by atoms with Gasteiger partial charge in [-0.05, 0) is 70.5 Å². The second-order valence-corrected chi connectivity index (χ2v) is 6.27. The number of aromatic nitrogens is 2. The minimum absolute atomic E-state index is 0.909. The van der Waals surface area contributed by atoms with Crippen molar-refractivity contribution in [1.82, 2.24) is 14.7 Å². The summed E-state index contributed by atoms with van der Waals surface area (Å²) in [7, 11) is 4.27.